The Hall–Kier alpha value is -2.46. The van der Waals surface area contributed by atoms with Crippen molar-refractivity contribution >= 4 is 75.3 Å². The van der Waals surface area contributed by atoms with Crippen LogP contribution in [0.1, 0.15) is 22.3 Å². The van der Waals surface area contributed by atoms with Gasteiger partial charge in [0.05, 0.1) is 15.5 Å². The van der Waals surface area contributed by atoms with Gasteiger partial charge in [0.1, 0.15) is 10.1 Å². The van der Waals surface area contributed by atoms with Crippen molar-refractivity contribution < 1.29 is 18.8 Å². The lowest BCUT2D eigenvalue weighted by atomic mass is 10.2. The first kappa shape index (κ1) is 23.2. The second kappa shape index (κ2) is 10.2. The van der Waals surface area contributed by atoms with Crippen LogP contribution in [0.25, 0.3) is 6.08 Å². The van der Waals surface area contributed by atoms with Crippen LogP contribution in [0.4, 0.5) is 4.39 Å². The van der Waals surface area contributed by atoms with Crippen LogP contribution in [0.2, 0.25) is 10.0 Å². The van der Waals surface area contributed by atoms with Crippen LogP contribution in [0.15, 0.2) is 47.4 Å². The van der Waals surface area contributed by atoms with E-state index in [1.165, 1.54) is 35.2 Å². The van der Waals surface area contributed by atoms with Crippen LogP contribution < -0.4 is 10.9 Å². The van der Waals surface area contributed by atoms with Crippen molar-refractivity contribution in [1.29, 1.82) is 0 Å². The first-order chi connectivity index (χ1) is 14.8. The highest BCUT2D eigenvalue weighted by Crippen LogP contribution is 2.33. The Balaban J connectivity index is 1.54. The first-order valence-electron chi connectivity index (χ1n) is 8.80. The number of hydrogen-bond acceptors (Lipinski definition) is 5. The Labute approximate surface area is 196 Å². The summed E-state index contributed by atoms with van der Waals surface area (Å²) < 4.78 is 14.1. The number of carbonyl (C=O) groups excluding carboxylic acids is 3. The summed E-state index contributed by atoms with van der Waals surface area (Å²) in [6.07, 6.45) is 1.30. The normalized spacial score (nSPS) is 14.8. The lowest BCUT2D eigenvalue weighted by molar-refractivity contribution is -0.124. The molecular weight excluding hydrogens is 484 g/mol. The molecule has 2 aromatic rings. The van der Waals surface area contributed by atoms with Crippen molar-refractivity contribution in [3.05, 3.63) is 74.4 Å². The van der Waals surface area contributed by atoms with Gasteiger partial charge in [-0.15, -0.1) is 0 Å². The maximum atomic E-state index is 13.8. The lowest BCUT2D eigenvalue weighted by Gasteiger charge is -2.14. The number of hydrogen-bond donors (Lipinski definition) is 2. The van der Waals surface area contributed by atoms with Gasteiger partial charge in [0, 0.05) is 23.6 Å². The van der Waals surface area contributed by atoms with Crippen molar-refractivity contribution in [1.82, 2.24) is 15.8 Å². The summed E-state index contributed by atoms with van der Waals surface area (Å²) in [7, 11) is 0. The molecule has 0 saturated carbocycles. The third-order valence-corrected chi connectivity index (χ3v) is 6.04. The summed E-state index contributed by atoms with van der Waals surface area (Å²) in [5, 5.41) is 0.511. The molecule has 2 N–H and O–H groups in total. The molecule has 3 amide bonds. The number of benzene rings is 2. The minimum Gasteiger partial charge on any atom is -0.292 e. The van der Waals surface area contributed by atoms with Crippen molar-refractivity contribution in [3.8, 4) is 0 Å². The monoisotopic (exact) mass is 497 g/mol. The third-order valence-electron chi connectivity index (χ3n) is 4.12. The van der Waals surface area contributed by atoms with Crippen molar-refractivity contribution in [3.63, 3.8) is 0 Å². The number of nitrogens with one attached hydrogen (secondary N) is 2. The largest absolute Gasteiger partial charge is 0.292 e. The molecule has 2 aromatic carbocycles. The zero-order valence-corrected chi connectivity index (χ0v) is 18.8. The molecule has 0 radical (unpaired) electrons. The number of carbonyl (C=O) groups is 3. The van der Waals surface area contributed by atoms with Crippen LogP contribution in [-0.4, -0.2) is 33.5 Å². The van der Waals surface area contributed by atoms with Gasteiger partial charge in [-0.05, 0) is 30.3 Å². The number of rotatable bonds is 5. The molecule has 0 spiro atoms. The smallest absolute Gasteiger partial charge is 0.271 e. The Morgan fingerprint density at radius 3 is 2.61 bits per heavy atom. The predicted octanol–water partition coefficient (Wildman–Crippen LogP) is 4.19. The molecule has 6 nitrogen and oxygen atoms in total. The molecule has 1 heterocycles. The highest BCUT2D eigenvalue weighted by Gasteiger charge is 2.32. The van der Waals surface area contributed by atoms with Gasteiger partial charge >= 0.3 is 0 Å². The van der Waals surface area contributed by atoms with E-state index in [1.54, 1.807) is 18.2 Å². The number of amides is 3. The molecule has 1 aliphatic rings. The van der Waals surface area contributed by atoms with E-state index in [-0.39, 0.29) is 38.3 Å². The molecule has 0 bridgehead atoms. The van der Waals surface area contributed by atoms with Gasteiger partial charge in [0.2, 0.25) is 5.91 Å². The van der Waals surface area contributed by atoms with Gasteiger partial charge < -0.3 is 0 Å². The van der Waals surface area contributed by atoms with E-state index >= 15 is 0 Å². The Morgan fingerprint density at radius 1 is 1.16 bits per heavy atom. The van der Waals surface area contributed by atoms with Crippen molar-refractivity contribution in [2.45, 2.75) is 6.42 Å². The minimum atomic E-state index is -0.617. The second-order valence-electron chi connectivity index (χ2n) is 6.23. The molecule has 1 saturated heterocycles. The fourth-order valence-corrected chi connectivity index (χ4v) is 4.36. The number of halogens is 3. The maximum Gasteiger partial charge on any atom is 0.271 e. The molecule has 1 aliphatic heterocycles. The van der Waals surface area contributed by atoms with Crippen LogP contribution >= 0.6 is 47.2 Å². The van der Waals surface area contributed by atoms with Crippen LogP contribution in [0.3, 0.4) is 0 Å². The summed E-state index contributed by atoms with van der Waals surface area (Å²) in [6, 6.07) is 10.4. The lowest BCUT2D eigenvalue weighted by Crippen LogP contribution is -2.43. The summed E-state index contributed by atoms with van der Waals surface area (Å²) in [5.74, 6) is -2.02. The van der Waals surface area contributed by atoms with Crippen molar-refractivity contribution in [2.75, 3.05) is 6.54 Å². The van der Waals surface area contributed by atoms with Gasteiger partial charge in [-0.25, -0.2) is 4.39 Å². The summed E-state index contributed by atoms with van der Waals surface area (Å²) >= 11 is 18.0. The number of nitrogens with zero attached hydrogens (tertiary/aromatic N) is 1. The van der Waals surface area contributed by atoms with E-state index in [0.29, 0.717) is 5.02 Å². The van der Waals surface area contributed by atoms with E-state index in [0.717, 1.165) is 11.8 Å². The molecule has 3 rings (SSSR count). The average Bonchev–Trinajstić information content (AvgIpc) is 2.99. The highest BCUT2D eigenvalue weighted by atomic mass is 35.5. The topological polar surface area (TPSA) is 78.5 Å². The average molecular weight is 498 g/mol. The van der Waals surface area contributed by atoms with E-state index < -0.39 is 23.5 Å². The van der Waals surface area contributed by atoms with Gasteiger partial charge in [-0.1, -0.05) is 65.4 Å². The van der Waals surface area contributed by atoms with E-state index in [1.807, 2.05) is 0 Å². The molecule has 0 aliphatic carbocycles. The number of thioether (sulfide) groups is 1. The Kier molecular flexibility index (Phi) is 7.66. The second-order valence-corrected chi connectivity index (χ2v) is 8.75. The highest BCUT2D eigenvalue weighted by molar-refractivity contribution is 8.26. The first-order valence-corrected chi connectivity index (χ1v) is 10.8. The quantitative estimate of drug-likeness (QED) is 0.368. The summed E-state index contributed by atoms with van der Waals surface area (Å²) in [6.45, 7) is 0.00266. The van der Waals surface area contributed by atoms with E-state index in [9.17, 15) is 18.8 Å². The maximum absolute atomic E-state index is 13.8. The predicted molar refractivity (Wildman–Crippen MR) is 123 cm³/mol. The zero-order valence-electron chi connectivity index (χ0n) is 15.7. The summed E-state index contributed by atoms with van der Waals surface area (Å²) in [4.78, 5) is 38.3. The summed E-state index contributed by atoms with van der Waals surface area (Å²) in [5.41, 5.74) is 4.90. The molecule has 0 unspecified atom stereocenters. The van der Waals surface area contributed by atoms with E-state index in [2.05, 4.69) is 10.9 Å². The molecule has 31 heavy (non-hydrogen) atoms. The van der Waals surface area contributed by atoms with Crippen LogP contribution in [-0.2, 0) is 9.59 Å². The SMILES string of the molecule is O=C(CCN1C(=O)/C(=C/c2ccccc2F)SC1=S)NNC(=O)c1ccc(Cl)cc1Cl. The number of hydrazine groups is 1. The van der Waals surface area contributed by atoms with Gasteiger partial charge in [0.25, 0.3) is 11.8 Å². The fourth-order valence-electron chi connectivity index (χ4n) is 2.57. The number of thiocarbonyl (C=S) groups is 1. The minimum absolute atomic E-state index is 0.00266. The Morgan fingerprint density at radius 2 is 1.90 bits per heavy atom. The van der Waals surface area contributed by atoms with Gasteiger partial charge in [0.15, 0.2) is 0 Å². The molecular formula is C20H14Cl2FN3O3S2. The van der Waals surface area contributed by atoms with Gasteiger partial charge in [-0.3, -0.25) is 30.1 Å². The molecule has 0 atom stereocenters. The molecule has 0 aromatic heterocycles. The van der Waals surface area contributed by atoms with Crippen molar-refractivity contribution in [2.24, 2.45) is 0 Å². The van der Waals surface area contributed by atoms with Gasteiger partial charge in [-0.2, -0.15) is 0 Å². The molecule has 1 fully saturated rings. The third kappa shape index (κ3) is 5.82. The van der Waals surface area contributed by atoms with Crippen LogP contribution in [0.5, 0.6) is 0 Å². The molecule has 11 heteroatoms. The standard InChI is InChI=1S/C20H14Cl2FN3O3S2/c21-12-5-6-13(14(22)10-12)18(28)25-24-17(27)7-8-26-19(29)16(31-20(26)30)9-11-3-1-2-4-15(11)23/h1-6,9-10H,7-8H2,(H,24,27)(H,25,28)/b16-9-. The van der Waals surface area contributed by atoms with E-state index in [4.69, 9.17) is 35.4 Å². The van der Waals surface area contributed by atoms with Crippen LogP contribution in [0, 0.1) is 5.82 Å². The fraction of sp³-hybridized carbons (Fsp3) is 0.100. The molecule has 160 valence electrons. The zero-order chi connectivity index (χ0) is 22.5. The Bertz CT molecular complexity index is 1110.